The van der Waals surface area contributed by atoms with E-state index in [2.05, 4.69) is 0 Å². The van der Waals surface area contributed by atoms with E-state index in [0.29, 0.717) is 28.5 Å². The number of halogens is 1. The lowest BCUT2D eigenvalue weighted by Gasteiger charge is -2.40. The predicted molar refractivity (Wildman–Crippen MR) is 110 cm³/mol. The van der Waals surface area contributed by atoms with Crippen molar-refractivity contribution < 1.29 is 19.8 Å². The van der Waals surface area contributed by atoms with Gasteiger partial charge in [-0.1, -0.05) is 73.6 Å². The molecular formula is C23H27ClO4. The highest BCUT2D eigenvalue weighted by Crippen LogP contribution is 2.52. The lowest BCUT2D eigenvalue weighted by Crippen LogP contribution is -2.40. The Labute approximate surface area is 170 Å². The number of rotatable bonds is 6. The highest BCUT2D eigenvalue weighted by Gasteiger charge is 2.50. The molecule has 150 valence electrons. The van der Waals surface area contributed by atoms with Crippen LogP contribution in [0.4, 0.5) is 0 Å². The Morgan fingerprint density at radius 3 is 2.43 bits per heavy atom. The zero-order chi connectivity index (χ0) is 20.3. The summed E-state index contributed by atoms with van der Waals surface area (Å²) in [4.78, 5) is 24.7. The fourth-order valence-electron chi connectivity index (χ4n) is 4.90. The molecular weight excluding hydrogens is 376 g/mol. The largest absolute Gasteiger partial charge is 0.481 e. The summed E-state index contributed by atoms with van der Waals surface area (Å²) in [5.41, 5.74) is 0.0214. The van der Waals surface area contributed by atoms with Crippen LogP contribution in [-0.2, 0) is 9.59 Å². The molecule has 2 aliphatic rings. The Balaban J connectivity index is 2.07. The van der Waals surface area contributed by atoms with Crippen molar-refractivity contribution >= 4 is 23.5 Å². The number of benzene rings is 1. The van der Waals surface area contributed by atoms with Crippen molar-refractivity contribution in [3.8, 4) is 0 Å². The SMILES string of the molecule is CC1=CC(CCC2CCCCC2)(C(=O)O)C(c2ccccc2Cl)C(C(=O)O)=C1. The van der Waals surface area contributed by atoms with E-state index in [1.165, 1.54) is 19.3 Å². The average molecular weight is 403 g/mol. The maximum absolute atomic E-state index is 12.6. The van der Waals surface area contributed by atoms with Crippen molar-refractivity contribution in [2.24, 2.45) is 11.3 Å². The van der Waals surface area contributed by atoms with Gasteiger partial charge in [-0.3, -0.25) is 4.79 Å². The van der Waals surface area contributed by atoms with E-state index in [1.807, 2.05) is 0 Å². The molecule has 5 heteroatoms. The lowest BCUT2D eigenvalue weighted by atomic mass is 9.62. The van der Waals surface area contributed by atoms with Crippen molar-refractivity contribution in [2.75, 3.05) is 0 Å². The summed E-state index contributed by atoms with van der Waals surface area (Å²) >= 11 is 6.41. The molecule has 0 saturated heterocycles. The second-order valence-electron chi connectivity index (χ2n) is 8.14. The quantitative estimate of drug-likeness (QED) is 0.628. The van der Waals surface area contributed by atoms with Gasteiger partial charge in [-0.25, -0.2) is 4.79 Å². The van der Waals surface area contributed by atoms with Crippen molar-refractivity contribution in [1.29, 1.82) is 0 Å². The summed E-state index contributed by atoms with van der Waals surface area (Å²) in [5, 5.41) is 20.6. The highest BCUT2D eigenvalue weighted by atomic mass is 35.5. The zero-order valence-electron chi connectivity index (χ0n) is 16.2. The molecule has 0 aromatic heterocycles. The first-order chi connectivity index (χ1) is 13.3. The van der Waals surface area contributed by atoms with E-state index in [-0.39, 0.29) is 5.57 Å². The standard InChI is InChI=1S/C23H27ClO4/c1-15-13-18(21(25)26)20(17-9-5-6-10-19(17)24)23(14-15,22(27)28)12-11-16-7-3-2-4-8-16/h5-6,9-10,13-14,16,20H,2-4,7-8,11-12H2,1H3,(H,25,26)(H,27,28). The smallest absolute Gasteiger partial charge is 0.332 e. The van der Waals surface area contributed by atoms with Crippen LogP contribution in [0.15, 0.2) is 47.6 Å². The molecule has 1 saturated carbocycles. The molecule has 2 aliphatic carbocycles. The maximum Gasteiger partial charge on any atom is 0.332 e. The number of carbonyl (C=O) groups is 2. The minimum Gasteiger partial charge on any atom is -0.481 e. The monoisotopic (exact) mass is 402 g/mol. The van der Waals surface area contributed by atoms with E-state index in [1.54, 1.807) is 43.3 Å². The van der Waals surface area contributed by atoms with Crippen LogP contribution >= 0.6 is 11.6 Å². The van der Waals surface area contributed by atoms with E-state index in [4.69, 9.17) is 11.6 Å². The third-order valence-corrected chi connectivity index (χ3v) is 6.59. The average Bonchev–Trinajstić information content (AvgIpc) is 2.67. The summed E-state index contributed by atoms with van der Waals surface area (Å²) in [7, 11) is 0. The second-order valence-corrected chi connectivity index (χ2v) is 8.54. The molecule has 28 heavy (non-hydrogen) atoms. The van der Waals surface area contributed by atoms with Crippen LogP contribution in [0, 0.1) is 11.3 Å². The van der Waals surface area contributed by atoms with Crippen LogP contribution in [0.1, 0.15) is 63.4 Å². The molecule has 2 N–H and O–H groups in total. The van der Waals surface area contributed by atoms with Crippen molar-refractivity contribution in [1.82, 2.24) is 0 Å². The summed E-state index contributed by atoms with van der Waals surface area (Å²) in [6.45, 7) is 1.77. The molecule has 0 bridgehead atoms. The molecule has 1 aromatic carbocycles. The van der Waals surface area contributed by atoms with Crippen LogP contribution in [0.2, 0.25) is 5.02 Å². The Bertz CT molecular complexity index is 820. The molecule has 0 aliphatic heterocycles. The van der Waals surface area contributed by atoms with Crippen LogP contribution in [0.25, 0.3) is 0 Å². The Morgan fingerprint density at radius 2 is 1.82 bits per heavy atom. The fourth-order valence-corrected chi connectivity index (χ4v) is 5.15. The molecule has 0 heterocycles. The molecule has 0 spiro atoms. The minimum absolute atomic E-state index is 0.0964. The van der Waals surface area contributed by atoms with Crippen LogP contribution in [-0.4, -0.2) is 22.2 Å². The van der Waals surface area contributed by atoms with Gasteiger partial charge in [-0.2, -0.15) is 0 Å². The van der Waals surface area contributed by atoms with Gasteiger partial charge in [0.05, 0.1) is 5.41 Å². The Morgan fingerprint density at radius 1 is 1.14 bits per heavy atom. The van der Waals surface area contributed by atoms with E-state index >= 15 is 0 Å². The summed E-state index contributed by atoms with van der Waals surface area (Å²) in [6, 6.07) is 6.98. The highest BCUT2D eigenvalue weighted by molar-refractivity contribution is 6.31. The number of aliphatic carboxylic acids is 2. The van der Waals surface area contributed by atoms with E-state index in [9.17, 15) is 19.8 Å². The topological polar surface area (TPSA) is 74.6 Å². The van der Waals surface area contributed by atoms with Gasteiger partial charge in [-0.05, 0) is 43.4 Å². The minimum atomic E-state index is -1.31. The maximum atomic E-state index is 12.6. The first kappa shape index (κ1) is 20.7. The van der Waals surface area contributed by atoms with Crippen LogP contribution < -0.4 is 0 Å². The number of hydrogen-bond donors (Lipinski definition) is 2. The van der Waals surface area contributed by atoms with Crippen LogP contribution in [0.3, 0.4) is 0 Å². The number of carboxylic acid groups (broad SMARTS) is 2. The number of hydrogen-bond acceptors (Lipinski definition) is 2. The van der Waals surface area contributed by atoms with Crippen molar-refractivity contribution in [3.05, 3.63) is 58.1 Å². The molecule has 1 fully saturated rings. The molecule has 3 rings (SSSR count). The third-order valence-electron chi connectivity index (χ3n) is 6.25. The molecule has 2 unspecified atom stereocenters. The zero-order valence-corrected chi connectivity index (χ0v) is 16.9. The van der Waals surface area contributed by atoms with Gasteiger partial charge in [0.2, 0.25) is 0 Å². The second kappa shape index (κ2) is 8.52. The predicted octanol–water partition coefficient (Wildman–Crippen LogP) is 5.83. The first-order valence-electron chi connectivity index (χ1n) is 9.97. The third kappa shape index (κ3) is 4.02. The normalized spacial score (nSPS) is 25.7. The van der Waals surface area contributed by atoms with E-state index in [0.717, 1.165) is 19.3 Å². The van der Waals surface area contributed by atoms with Gasteiger partial charge in [-0.15, -0.1) is 0 Å². The number of allylic oxidation sites excluding steroid dienone is 2. The fraction of sp³-hybridized carbons (Fsp3) is 0.478. The van der Waals surface area contributed by atoms with E-state index < -0.39 is 23.3 Å². The number of carboxylic acids is 2. The van der Waals surface area contributed by atoms with Gasteiger partial charge >= 0.3 is 11.9 Å². The summed E-state index contributed by atoms with van der Waals surface area (Å²) in [6.07, 6.45) is 10.4. The molecule has 2 atom stereocenters. The summed E-state index contributed by atoms with van der Waals surface area (Å²) in [5.74, 6) is -2.40. The molecule has 4 nitrogen and oxygen atoms in total. The van der Waals surface area contributed by atoms with Gasteiger partial charge in [0.1, 0.15) is 0 Å². The van der Waals surface area contributed by atoms with Gasteiger partial charge in [0, 0.05) is 16.5 Å². The van der Waals surface area contributed by atoms with Gasteiger partial charge in [0.25, 0.3) is 0 Å². The molecule has 0 amide bonds. The summed E-state index contributed by atoms with van der Waals surface area (Å²) < 4.78 is 0. The van der Waals surface area contributed by atoms with Crippen molar-refractivity contribution in [3.63, 3.8) is 0 Å². The Kier molecular flexibility index (Phi) is 6.29. The first-order valence-corrected chi connectivity index (χ1v) is 10.3. The van der Waals surface area contributed by atoms with Crippen LogP contribution in [0.5, 0.6) is 0 Å². The molecule has 0 radical (unpaired) electrons. The van der Waals surface area contributed by atoms with Gasteiger partial charge < -0.3 is 10.2 Å². The Hall–Kier alpha value is -2.07. The van der Waals surface area contributed by atoms with Gasteiger partial charge in [0.15, 0.2) is 0 Å². The van der Waals surface area contributed by atoms with Crippen molar-refractivity contribution in [2.45, 2.75) is 57.8 Å². The lowest BCUT2D eigenvalue weighted by molar-refractivity contribution is -0.148. The molecule has 1 aromatic rings.